The number of allylic oxidation sites excluding steroid dienone is 2. The van der Waals surface area contributed by atoms with Gasteiger partial charge in [0.05, 0.1) is 0 Å². The first kappa shape index (κ1) is 13.7. The molecule has 0 aliphatic rings. The largest absolute Gasteiger partial charge is 0.0880 e. The summed E-state index contributed by atoms with van der Waals surface area (Å²) in [6, 6.07) is 0. The lowest BCUT2D eigenvalue weighted by atomic mass is 9.76. The van der Waals surface area contributed by atoms with Crippen molar-refractivity contribution in [1.82, 2.24) is 0 Å². The highest BCUT2D eigenvalue weighted by Crippen LogP contribution is 2.34. The van der Waals surface area contributed by atoms with Gasteiger partial charge < -0.3 is 0 Å². The van der Waals surface area contributed by atoms with Crippen molar-refractivity contribution in [2.45, 2.75) is 67.2 Å². The molecule has 0 radical (unpaired) electrons. The van der Waals surface area contributed by atoms with Crippen molar-refractivity contribution in [3.8, 4) is 0 Å². The summed E-state index contributed by atoms with van der Waals surface area (Å²) in [5.41, 5.74) is 0.782. The van der Waals surface area contributed by atoms with Gasteiger partial charge in [0.15, 0.2) is 0 Å². The Labute approximate surface area is 90.8 Å². The van der Waals surface area contributed by atoms with Gasteiger partial charge in [-0.2, -0.15) is 0 Å². The summed E-state index contributed by atoms with van der Waals surface area (Å²) in [5, 5.41) is 0. The zero-order chi connectivity index (χ0) is 11.2. The van der Waals surface area contributed by atoms with E-state index >= 15 is 0 Å². The van der Waals surface area contributed by atoms with Crippen molar-refractivity contribution < 1.29 is 0 Å². The molecule has 0 heteroatoms. The molecule has 84 valence electrons. The molecule has 0 bridgehead atoms. The highest BCUT2D eigenvalue weighted by molar-refractivity contribution is 4.96. The van der Waals surface area contributed by atoms with E-state index < -0.39 is 0 Å². The fourth-order valence-electron chi connectivity index (χ4n) is 2.15. The van der Waals surface area contributed by atoms with E-state index in [0.717, 1.165) is 0 Å². The van der Waals surface area contributed by atoms with Gasteiger partial charge in [-0.1, -0.05) is 66.5 Å². The van der Waals surface area contributed by atoms with Crippen LogP contribution < -0.4 is 0 Å². The SMILES string of the molecule is CCCCC=CC(C)(C)CC(C)(C)C. The van der Waals surface area contributed by atoms with E-state index in [9.17, 15) is 0 Å². The molecule has 0 N–H and O–H groups in total. The highest BCUT2D eigenvalue weighted by Gasteiger charge is 2.22. The van der Waals surface area contributed by atoms with Gasteiger partial charge in [-0.3, -0.25) is 0 Å². The zero-order valence-corrected chi connectivity index (χ0v) is 11.0. The topological polar surface area (TPSA) is 0 Å². The minimum atomic E-state index is 0.353. The maximum Gasteiger partial charge on any atom is -0.0170 e. The van der Waals surface area contributed by atoms with E-state index in [1.54, 1.807) is 0 Å². The summed E-state index contributed by atoms with van der Waals surface area (Å²) in [5.74, 6) is 0. The van der Waals surface area contributed by atoms with Crippen LogP contribution in [0.1, 0.15) is 67.2 Å². The predicted octanol–water partition coefficient (Wildman–Crippen LogP) is 5.20. The molecule has 0 saturated heterocycles. The van der Waals surface area contributed by atoms with E-state index in [1.807, 2.05) is 0 Å². The third-order valence-electron chi connectivity index (χ3n) is 2.28. The van der Waals surface area contributed by atoms with Gasteiger partial charge in [0.2, 0.25) is 0 Å². The Balaban J connectivity index is 4.00. The van der Waals surface area contributed by atoms with Crippen LogP contribution in [0.3, 0.4) is 0 Å². The minimum absolute atomic E-state index is 0.353. The first-order valence-electron chi connectivity index (χ1n) is 5.94. The molecule has 0 unspecified atom stereocenters. The third-order valence-corrected chi connectivity index (χ3v) is 2.28. The first-order chi connectivity index (χ1) is 6.27. The highest BCUT2D eigenvalue weighted by atomic mass is 14.3. The molecular formula is C14H28. The molecule has 0 nitrogen and oxygen atoms in total. The molecule has 0 atom stereocenters. The average molecular weight is 196 g/mol. The van der Waals surface area contributed by atoms with Crippen molar-refractivity contribution in [3.63, 3.8) is 0 Å². The normalized spacial score (nSPS) is 13.9. The molecule has 0 aliphatic carbocycles. The van der Waals surface area contributed by atoms with Crippen molar-refractivity contribution in [2.24, 2.45) is 10.8 Å². The standard InChI is InChI=1S/C14H28/c1-7-8-9-10-11-14(5,6)12-13(2,3)4/h10-11H,7-9,12H2,1-6H3. The Morgan fingerprint density at radius 3 is 2.00 bits per heavy atom. The number of hydrogen-bond donors (Lipinski definition) is 0. The lowest BCUT2D eigenvalue weighted by molar-refractivity contribution is 0.262. The summed E-state index contributed by atoms with van der Waals surface area (Å²) in [6.07, 6.45) is 9.86. The van der Waals surface area contributed by atoms with E-state index in [4.69, 9.17) is 0 Å². The second-order valence-electron chi connectivity index (χ2n) is 6.27. The predicted molar refractivity (Wildman–Crippen MR) is 66.5 cm³/mol. The summed E-state index contributed by atoms with van der Waals surface area (Å²) in [7, 11) is 0. The Hall–Kier alpha value is -0.260. The average Bonchev–Trinajstić information content (AvgIpc) is 1.93. The van der Waals surface area contributed by atoms with Crippen molar-refractivity contribution >= 4 is 0 Å². The van der Waals surface area contributed by atoms with Crippen LogP contribution >= 0.6 is 0 Å². The Morgan fingerprint density at radius 2 is 1.57 bits per heavy atom. The summed E-state index contributed by atoms with van der Waals surface area (Å²) in [4.78, 5) is 0. The smallest absolute Gasteiger partial charge is 0.0170 e. The molecule has 0 saturated carbocycles. The maximum atomic E-state index is 2.40. The minimum Gasteiger partial charge on any atom is -0.0880 e. The number of hydrogen-bond acceptors (Lipinski definition) is 0. The van der Waals surface area contributed by atoms with Crippen LogP contribution in [0.4, 0.5) is 0 Å². The number of unbranched alkanes of at least 4 members (excludes halogenated alkanes) is 2. The zero-order valence-electron chi connectivity index (χ0n) is 11.0. The van der Waals surface area contributed by atoms with E-state index in [2.05, 4.69) is 53.7 Å². The Bertz CT molecular complexity index is 167. The second kappa shape index (κ2) is 5.58. The van der Waals surface area contributed by atoms with Gasteiger partial charge in [0.25, 0.3) is 0 Å². The Morgan fingerprint density at radius 1 is 1.00 bits per heavy atom. The van der Waals surface area contributed by atoms with Crippen LogP contribution in [-0.2, 0) is 0 Å². The lowest BCUT2D eigenvalue weighted by Crippen LogP contribution is -2.18. The molecular weight excluding hydrogens is 168 g/mol. The van der Waals surface area contributed by atoms with Crippen molar-refractivity contribution in [2.75, 3.05) is 0 Å². The second-order valence-corrected chi connectivity index (χ2v) is 6.27. The lowest BCUT2D eigenvalue weighted by Gasteiger charge is -2.29. The van der Waals surface area contributed by atoms with Gasteiger partial charge in [-0.25, -0.2) is 0 Å². The quantitative estimate of drug-likeness (QED) is 0.419. The molecule has 0 amide bonds. The van der Waals surface area contributed by atoms with E-state index in [-0.39, 0.29) is 0 Å². The molecule has 0 rings (SSSR count). The number of rotatable bonds is 5. The van der Waals surface area contributed by atoms with Crippen LogP contribution in [0, 0.1) is 10.8 Å². The van der Waals surface area contributed by atoms with Crippen molar-refractivity contribution in [1.29, 1.82) is 0 Å². The van der Waals surface area contributed by atoms with Gasteiger partial charge >= 0.3 is 0 Å². The molecule has 0 aromatic carbocycles. The summed E-state index contributed by atoms with van der Waals surface area (Å²) in [6.45, 7) is 13.9. The monoisotopic (exact) mass is 196 g/mol. The molecule has 0 fully saturated rings. The van der Waals surface area contributed by atoms with Crippen LogP contribution in [0.2, 0.25) is 0 Å². The molecule has 0 heterocycles. The van der Waals surface area contributed by atoms with Gasteiger partial charge in [0, 0.05) is 0 Å². The summed E-state index contributed by atoms with van der Waals surface area (Å²) >= 11 is 0. The fraction of sp³-hybridized carbons (Fsp3) is 0.857. The molecule has 0 aromatic heterocycles. The maximum absolute atomic E-state index is 2.40. The fourth-order valence-corrected chi connectivity index (χ4v) is 2.15. The third kappa shape index (κ3) is 8.34. The first-order valence-corrected chi connectivity index (χ1v) is 5.94. The Kier molecular flexibility index (Phi) is 5.48. The molecule has 0 aliphatic heterocycles. The van der Waals surface area contributed by atoms with Gasteiger partial charge in [-0.15, -0.1) is 0 Å². The molecule has 0 spiro atoms. The summed E-state index contributed by atoms with van der Waals surface area (Å²) < 4.78 is 0. The van der Waals surface area contributed by atoms with Gasteiger partial charge in [-0.05, 0) is 23.7 Å². The van der Waals surface area contributed by atoms with Crippen molar-refractivity contribution in [3.05, 3.63) is 12.2 Å². The molecule has 0 aromatic rings. The van der Waals surface area contributed by atoms with Gasteiger partial charge in [0.1, 0.15) is 0 Å². The van der Waals surface area contributed by atoms with Crippen LogP contribution in [0.25, 0.3) is 0 Å². The van der Waals surface area contributed by atoms with Crippen LogP contribution in [0.5, 0.6) is 0 Å². The van der Waals surface area contributed by atoms with E-state index in [0.29, 0.717) is 10.8 Å². The molecule has 14 heavy (non-hydrogen) atoms. The van der Waals surface area contributed by atoms with Crippen LogP contribution in [-0.4, -0.2) is 0 Å². The van der Waals surface area contributed by atoms with E-state index in [1.165, 1.54) is 25.7 Å². The van der Waals surface area contributed by atoms with Crippen LogP contribution in [0.15, 0.2) is 12.2 Å².